The minimum Gasteiger partial charge on any atom is -0.326 e. The first kappa shape index (κ1) is 17.4. The highest BCUT2D eigenvalue weighted by Gasteiger charge is 2.47. The van der Waals surface area contributed by atoms with Gasteiger partial charge in [0.15, 0.2) is 0 Å². The number of alkyl halides is 3. The topological polar surface area (TPSA) is 76.1 Å². The van der Waals surface area contributed by atoms with E-state index in [-0.39, 0.29) is 23.4 Å². The highest BCUT2D eigenvalue weighted by atomic mass is 32.2. The Bertz CT molecular complexity index is 881. The number of rotatable bonds is 4. The van der Waals surface area contributed by atoms with E-state index in [0.29, 0.717) is 6.42 Å². The van der Waals surface area contributed by atoms with Gasteiger partial charge in [0.25, 0.3) is 9.84 Å². The van der Waals surface area contributed by atoms with Gasteiger partial charge in [-0.1, -0.05) is 6.07 Å². The Morgan fingerprint density at radius 3 is 2.40 bits per heavy atom. The second kappa shape index (κ2) is 6.14. The van der Waals surface area contributed by atoms with E-state index in [0.717, 1.165) is 29.8 Å². The van der Waals surface area contributed by atoms with E-state index in [4.69, 9.17) is 0 Å². The molecule has 0 unspecified atom stereocenters. The Morgan fingerprint density at radius 1 is 1.16 bits per heavy atom. The van der Waals surface area contributed by atoms with Crippen molar-refractivity contribution in [2.24, 2.45) is 5.92 Å². The first-order valence-electron chi connectivity index (χ1n) is 7.32. The molecule has 132 valence electrons. The van der Waals surface area contributed by atoms with E-state index in [1.54, 1.807) is 18.5 Å². The van der Waals surface area contributed by atoms with Gasteiger partial charge in [-0.2, -0.15) is 13.2 Å². The van der Waals surface area contributed by atoms with E-state index in [9.17, 15) is 26.4 Å². The lowest BCUT2D eigenvalue weighted by Gasteiger charge is -2.09. The highest BCUT2D eigenvalue weighted by Crippen LogP contribution is 2.47. The van der Waals surface area contributed by atoms with Crippen molar-refractivity contribution in [2.75, 3.05) is 5.32 Å². The molecule has 1 fully saturated rings. The van der Waals surface area contributed by atoms with Crippen LogP contribution in [0.1, 0.15) is 17.9 Å². The molecule has 2 aromatic rings. The number of carbonyl (C=O) groups excluding carboxylic acids is 1. The molecular formula is C16H13F3N2O3S. The fraction of sp³-hybridized carbons (Fsp3) is 0.250. The Morgan fingerprint density at radius 2 is 1.84 bits per heavy atom. The van der Waals surface area contributed by atoms with Crippen LogP contribution in [-0.4, -0.2) is 24.8 Å². The average molecular weight is 370 g/mol. The van der Waals surface area contributed by atoms with Crippen molar-refractivity contribution in [1.29, 1.82) is 0 Å². The summed E-state index contributed by atoms with van der Waals surface area (Å²) in [5.41, 5.74) is -4.17. The molecule has 1 aromatic heterocycles. The Kier molecular flexibility index (Phi) is 4.28. The van der Waals surface area contributed by atoms with Crippen LogP contribution in [0.5, 0.6) is 0 Å². The molecule has 1 aromatic carbocycles. The van der Waals surface area contributed by atoms with Gasteiger partial charge in [0.2, 0.25) is 5.91 Å². The Hall–Kier alpha value is -2.42. The summed E-state index contributed by atoms with van der Waals surface area (Å²) in [6, 6.07) is 7.58. The number of carbonyl (C=O) groups is 1. The second-order valence-electron chi connectivity index (χ2n) is 5.70. The third-order valence-electron chi connectivity index (χ3n) is 3.98. The lowest BCUT2D eigenvalue weighted by molar-refractivity contribution is -0.117. The summed E-state index contributed by atoms with van der Waals surface area (Å²) in [6.45, 7) is 0. The molecule has 1 N–H and O–H groups in total. The number of benzene rings is 1. The zero-order valence-corrected chi connectivity index (χ0v) is 13.5. The van der Waals surface area contributed by atoms with Gasteiger partial charge in [-0.25, -0.2) is 8.42 Å². The lowest BCUT2D eigenvalue weighted by atomic mass is 10.1. The van der Waals surface area contributed by atoms with Crippen LogP contribution in [0.4, 0.5) is 18.9 Å². The van der Waals surface area contributed by atoms with Gasteiger partial charge in [-0.3, -0.25) is 9.78 Å². The van der Waals surface area contributed by atoms with E-state index in [2.05, 4.69) is 10.3 Å². The van der Waals surface area contributed by atoms with Crippen LogP contribution in [0.15, 0.2) is 53.7 Å². The number of hydrogen-bond donors (Lipinski definition) is 1. The van der Waals surface area contributed by atoms with E-state index in [1.165, 1.54) is 0 Å². The van der Waals surface area contributed by atoms with Crippen molar-refractivity contribution in [3.8, 4) is 0 Å². The molecule has 0 saturated heterocycles. The Labute approximate surface area is 141 Å². The summed E-state index contributed by atoms with van der Waals surface area (Å²) in [4.78, 5) is 15.3. The van der Waals surface area contributed by atoms with Crippen LogP contribution >= 0.6 is 0 Å². The maximum absolute atomic E-state index is 12.5. The van der Waals surface area contributed by atoms with E-state index >= 15 is 0 Å². The molecule has 1 saturated carbocycles. The quantitative estimate of drug-likeness (QED) is 0.897. The zero-order chi connectivity index (χ0) is 18.2. The van der Waals surface area contributed by atoms with Gasteiger partial charge in [0, 0.05) is 24.0 Å². The molecule has 3 rings (SSSR count). The van der Waals surface area contributed by atoms with Crippen molar-refractivity contribution in [1.82, 2.24) is 4.98 Å². The summed E-state index contributed by atoms with van der Waals surface area (Å²) >= 11 is 0. The van der Waals surface area contributed by atoms with Crippen molar-refractivity contribution < 1.29 is 26.4 Å². The number of nitrogens with zero attached hydrogens (tertiary/aromatic N) is 1. The van der Waals surface area contributed by atoms with Crippen molar-refractivity contribution in [3.05, 3.63) is 54.4 Å². The number of nitrogens with one attached hydrogen (secondary N) is 1. The molecule has 2 atom stereocenters. The van der Waals surface area contributed by atoms with Crippen LogP contribution in [-0.2, 0) is 14.6 Å². The van der Waals surface area contributed by atoms with Gasteiger partial charge in [0.05, 0.1) is 4.90 Å². The van der Waals surface area contributed by atoms with Crippen LogP contribution in [0.3, 0.4) is 0 Å². The van der Waals surface area contributed by atoms with Gasteiger partial charge < -0.3 is 5.32 Å². The number of anilines is 1. The van der Waals surface area contributed by atoms with Crippen molar-refractivity contribution >= 4 is 21.4 Å². The summed E-state index contributed by atoms with van der Waals surface area (Å²) in [6.07, 6.45) is 3.99. The molecule has 9 heteroatoms. The number of hydrogen-bond acceptors (Lipinski definition) is 4. The predicted molar refractivity (Wildman–Crippen MR) is 83.4 cm³/mol. The van der Waals surface area contributed by atoms with E-state index in [1.807, 2.05) is 6.07 Å². The molecule has 25 heavy (non-hydrogen) atoms. The first-order valence-corrected chi connectivity index (χ1v) is 8.80. The number of aromatic nitrogens is 1. The molecule has 0 aliphatic heterocycles. The SMILES string of the molecule is O=C(Nc1ccc(S(=O)(=O)C(F)(F)F)cc1)[C@@H]1C[C@H]1c1cccnc1. The lowest BCUT2D eigenvalue weighted by Crippen LogP contribution is -2.23. The first-order chi connectivity index (χ1) is 11.7. The largest absolute Gasteiger partial charge is 0.501 e. The monoisotopic (exact) mass is 370 g/mol. The fourth-order valence-electron chi connectivity index (χ4n) is 2.53. The normalized spacial score (nSPS) is 20.1. The van der Waals surface area contributed by atoms with Crippen LogP contribution < -0.4 is 5.32 Å². The molecule has 1 heterocycles. The summed E-state index contributed by atoms with van der Waals surface area (Å²) in [5.74, 6) is -0.429. The fourth-order valence-corrected chi connectivity index (χ4v) is 3.30. The zero-order valence-electron chi connectivity index (χ0n) is 12.7. The minimum atomic E-state index is -5.39. The minimum absolute atomic E-state index is 0.0681. The third-order valence-corrected chi connectivity index (χ3v) is 5.48. The summed E-state index contributed by atoms with van der Waals surface area (Å²) in [7, 11) is -5.39. The van der Waals surface area contributed by atoms with Crippen molar-refractivity contribution in [3.63, 3.8) is 0 Å². The highest BCUT2D eigenvalue weighted by molar-refractivity contribution is 7.92. The van der Waals surface area contributed by atoms with Crippen LogP contribution in [0.25, 0.3) is 0 Å². The van der Waals surface area contributed by atoms with Gasteiger partial charge in [0.1, 0.15) is 0 Å². The molecule has 1 amide bonds. The average Bonchev–Trinajstić information content (AvgIpc) is 3.36. The van der Waals surface area contributed by atoms with Gasteiger partial charge in [-0.15, -0.1) is 0 Å². The third kappa shape index (κ3) is 3.51. The molecule has 1 aliphatic carbocycles. The number of pyridine rings is 1. The summed E-state index contributed by atoms with van der Waals surface area (Å²) < 4.78 is 60.0. The molecular weight excluding hydrogens is 357 g/mol. The van der Waals surface area contributed by atoms with E-state index < -0.39 is 20.2 Å². The maximum Gasteiger partial charge on any atom is 0.501 e. The van der Waals surface area contributed by atoms with Crippen LogP contribution in [0.2, 0.25) is 0 Å². The molecule has 0 radical (unpaired) electrons. The smallest absolute Gasteiger partial charge is 0.326 e. The molecule has 0 bridgehead atoms. The number of halogens is 3. The Balaban J connectivity index is 1.66. The van der Waals surface area contributed by atoms with Gasteiger partial charge in [-0.05, 0) is 48.2 Å². The maximum atomic E-state index is 12.5. The second-order valence-corrected chi connectivity index (χ2v) is 7.64. The van der Waals surface area contributed by atoms with Crippen LogP contribution in [0, 0.1) is 5.92 Å². The number of amides is 1. The summed E-state index contributed by atoms with van der Waals surface area (Å²) in [5, 5.41) is 2.59. The number of sulfone groups is 1. The van der Waals surface area contributed by atoms with Gasteiger partial charge >= 0.3 is 5.51 Å². The molecule has 5 nitrogen and oxygen atoms in total. The molecule has 0 spiro atoms. The van der Waals surface area contributed by atoms with Crippen molar-refractivity contribution in [2.45, 2.75) is 22.7 Å². The predicted octanol–water partition coefficient (Wildman–Crippen LogP) is 3.12. The molecule has 1 aliphatic rings. The standard InChI is InChI=1S/C16H13F3N2O3S/c17-16(18,19)25(23,24)12-5-3-11(4-6-12)21-15(22)14-8-13(14)10-2-1-7-20-9-10/h1-7,9,13-14H,8H2,(H,21,22)/t13-,14+/m0/s1.